The molecule has 0 amide bonds. The number of hydrogen-bond acceptors (Lipinski definition) is 2. The van der Waals surface area contributed by atoms with E-state index in [1.807, 2.05) is 12.1 Å². The van der Waals surface area contributed by atoms with Crippen molar-refractivity contribution in [3.63, 3.8) is 0 Å². The summed E-state index contributed by atoms with van der Waals surface area (Å²) in [5.41, 5.74) is 3.60. The third-order valence-electron chi connectivity index (χ3n) is 2.81. The highest BCUT2D eigenvalue weighted by molar-refractivity contribution is 5.76. The van der Waals surface area contributed by atoms with Gasteiger partial charge in [-0.3, -0.25) is 0 Å². The first-order valence-corrected chi connectivity index (χ1v) is 5.09. The zero-order valence-electron chi connectivity index (χ0n) is 8.62. The van der Waals surface area contributed by atoms with Crippen molar-refractivity contribution >= 4 is 17.2 Å². The van der Waals surface area contributed by atoms with E-state index >= 15 is 0 Å². The van der Waals surface area contributed by atoms with E-state index in [4.69, 9.17) is 0 Å². The van der Waals surface area contributed by atoms with Gasteiger partial charge in [0.05, 0.1) is 11.4 Å². The van der Waals surface area contributed by atoms with Crippen LogP contribution in [0.2, 0.25) is 0 Å². The topological polar surface area (TPSA) is 29.0 Å². The molecule has 1 aliphatic heterocycles. The Hall–Kier alpha value is -1.90. The normalized spacial score (nSPS) is 13.1. The van der Waals surface area contributed by atoms with E-state index in [-0.39, 0.29) is 0 Å². The second-order valence-corrected chi connectivity index (χ2v) is 3.82. The van der Waals surface area contributed by atoms with E-state index in [1.165, 1.54) is 11.4 Å². The number of benzene rings is 1. The molecule has 2 N–H and O–H groups in total. The predicted octanol–water partition coefficient (Wildman–Crippen LogP) is 2.69. The number of para-hydroxylation sites is 2. The molecule has 1 aliphatic rings. The first-order valence-electron chi connectivity index (χ1n) is 5.09. The van der Waals surface area contributed by atoms with Crippen LogP contribution < -0.4 is 10.6 Å². The standard InChI is InChI=1S/C12H13N3/c1-15-7-6-9-8-13-10-4-2-3-5-11(10)14-12(9)15/h2-7,13-14H,8H2,1H3. The third kappa shape index (κ3) is 1.28. The van der Waals surface area contributed by atoms with E-state index < -0.39 is 0 Å². The van der Waals surface area contributed by atoms with Gasteiger partial charge >= 0.3 is 0 Å². The first-order chi connectivity index (χ1) is 7.34. The van der Waals surface area contributed by atoms with Crippen LogP contribution in [0.25, 0.3) is 0 Å². The fourth-order valence-corrected chi connectivity index (χ4v) is 1.96. The molecule has 0 aliphatic carbocycles. The molecule has 3 nitrogen and oxygen atoms in total. The van der Waals surface area contributed by atoms with Gasteiger partial charge in [-0.2, -0.15) is 0 Å². The van der Waals surface area contributed by atoms with Crippen molar-refractivity contribution in [1.82, 2.24) is 4.57 Å². The number of nitrogens with one attached hydrogen (secondary N) is 2. The minimum absolute atomic E-state index is 0.875. The van der Waals surface area contributed by atoms with Gasteiger partial charge in [0, 0.05) is 25.4 Å². The zero-order chi connectivity index (χ0) is 10.3. The number of fused-ring (bicyclic) bond motifs is 2. The molecule has 0 unspecified atom stereocenters. The number of anilines is 3. The number of aromatic nitrogens is 1. The van der Waals surface area contributed by atoms with Crippen LogP contribution in [0.1, 0.15) is 5.56 Å². The summed E-state index contributed by atoms with van der Waals surface area (Å²) in [6, 6.07) is 10.4. The summed E-state index contributed by atoms with van der Waals surface area (Å²) in [5.74, 6) is 1.17. The van der Waals surface area contributed by atoms with Gasteiger partial charge in [0.25, 0.3) is 0 Å². The van der Waals surface area contributed by atoms with Gasteiger partial charge in [-0.1, -0.05) is 12.1 Å². The van der Waals surface area contributed by atoms with Gasteiger partial charge in [0.1, 0.15) is 5.82 Å². The van der Waals surface area contributed by atoms with Crippen molar-refractivity contribution in [2.24, 2.45) is 7.05 Å². The molecule has 0 radical (unpaired) electrons. The highest BCUT2D eigenvalue weighted by Gasteiger charge is 2.13. The Labute approximate surface area is 88.7 Å². The Morgan fingerprint density at radius 3 is 2.80 bits per heavy atom. The molecule has 0 atom stereocenters. The SMILES string of the molecule is Cn1ccc2c1Nc1ccccc1NC2. The quantitative estimate of drug-likeness (QED) is 0.683. The number of aryl methyl sites for hydroxylation is 1. The van der Waals surface area contributed by atoms with Crippen molar-refractivity contribution in [3.05, 3.63) is 42.1 Å². The summed E-state index contributed by atoms with van der Waals surface area (Å²) >= 11 is 0. The predicted molar refractivity (Wildman–Crippen MR) is 62.5 cm³/mol. The lowest BCUT2D eigenvalue weighted by atomic mass is 10.2. The molecular formula is C12H13N3. The van der Waals surface area contributed by atoms with E-state index in [1.54, 1.807) is 0 Å². The summed E-state index contributed by atoms with van der Waals surface area (Å²) in [5, 5.41) is 6.87. The molecule has 3 heteroatoms. The molecule has 1 aromatic heterocycles. The van der Waals surface area contributed by atoms with Crippen molar-refractivity contribution in [3.8, 4) is 0 Å². The van der Waals surface area contributed by atoms with E-state index in [9.17, 15) is 0 Å². The Morgan fingerprint density at radius 1 is 1.13 bits per heavy atom. The molecular weight excluding hydrogens is 186 g/mol. The molecule has 2 aromatic rings. The largest absolute Gasteiger partial charge is 0.379 e. The second-order valence-electron chi connectivity index (χ2n) is 3.82. The summed E-state index contributed by atoms with van der Waals surface area (Å²) in [7, 11) is 2.06. The lowest BCUT2D eigenvalue weighted by Gasteiger charge is -2.09. The average Bonchev–Trinajstić information content (AvgIpc) is 2.51. The summed E-state index contributed by atoms with van der Waals surface area (Å²) in [6.45, 7) is 0.875. The molecule has 15 heavy (non-hydrogen) atoms. The number of hydrogen-bond donors (Lipinski definition) is 2. The van der Waals surface area contributed by atoms with Crippen LogP contribution in [0.3, 0.4) is 0 Å². The molecule has 1 aromatic carbocycles. The Morgan fingerprint density at radius 2 is 1.93 bits per heavy atom. The molecule has 0 bridgehead atoms. The van der Waals surface area contributed by atoms with Crippen LogP contribution in [-0.2, 0) is 13.6 Å². The molecule has 2 heterocycles. The molecule has 0 spiro atoms. The second kappa shape index (κ2) is 3.05. The van der Waals surface area contributed by atoms with Crippen LogP contribution in [0, 0.1) is 0 Å². The van der Waals surface area contributed by atoms with Crippen molar-refractivity contribution < 1.29 is 0 Å². The fourth-order valence-electron chi connectivity index (χ4n) is 1.96. The minimum Gasteiger partial charge on any atom is -0.379 e. The summed E-state index contributed by atoms with van der Waals surface area (Å²) < 4.78 is 2.11. The van der Waals surface area contributed by atoms with Gasteiger partial charge in [0.2, 0.25) is 0 Å². The lowest BCUT2D eigenvalue weighted by molar-refractivity contribution is 0.932. The van der Waals surface area contributed by atoms with Crippen molar-refractivity contribution in [1.29, 1.82) is 0 Å². The Kier molecular flexibility index (Phi) is 1.71. The molecule has 76 valence electrons. The smallest absolute Gasteiger partial charge is 0.115 e. The third-order valence-corrected chi connectivity index (χ3v) is 2.81. The summed E-state index contributed by atoms with van der Waals surface area (Å²) in [4.78, 5) is 0. The Bertz CT molecular complexity index is 499. The number of rotatable bonds is 0. The van der Waals surface area contributed by atoms with Gasteiger partial charge in [-0.25, -0.2) is 0 Å². The maximum Gasteiger partial charge on any atom is 0.115 e. The van der Waals surface area contributed by atoms with Crippen LogP contribution in [-0.4, -0.2) is 4.57 Å². The van der Waals surface area contributed by atoms with Crippen LogP contribution in [0.4, 0.5) is 17.2 Å². The monoisotopic (exact) mass is 199 g/mol. The van der Waals surface area contributed by atoms with Crippen LogP contribution in [0.15, 0.2) is 36.5 Å². The van der Waals surface area contributed by atoms with Gasteiger partial charge < -0.3 is 15.2 Å². The highest BCUT2D eigenvalue weighted by atomic mass is 15.1. The van der Waals surface area contributed by atoms with Crippen molar-refractivity contribution in [2.75, 3.05) is 10.6 Å². The summed E-state index contributed by atoms with van der Waals surface area (Å²) in [6.07, 6.45) is 2.08. The number of nitrogens with zero attached hydrogens (tertiary/aromatic N) is 1. The zero-order valence-corrected chi connectivity index (χ0v) is 8.62. The highest BCUT2D eigenvalue weighted by Crippen LogP contribution is 2.31. The van der Waals surface area contributed by atoms with Crippen LogP contribution in [0.5, 0.6) is 0 Å². The van der Waals surface area contributed by atoms with Crippen molar-refractivity contribution in [2.45, 2.75) is 6.54 Å². The molecule has 3 rings (SSSR count). The van der Waals surface area contributed by atoms with Gasteiger partial charge in [-0.05, 0) is 18.2 Å². The lowest BCUT2D eigenvalue weighted by Crippen LogP contribution is -1.97. The van der Waals surface area contributed by atoms with E-state index in [2.05, 4.69) is 46.6 Å². The fraction of sp³-hybridized carbons (Fsp3) is 0.167. The van der Waals surface area contributed by atoms with Gasteiger partial charge in [-0.15, -0.1) is 0 Å². The minimum atomic E-state index is 0.875. The van der Waals surface area contributed by atoms with Gasteiger partial charge in [0.15, 0.2) is 0 Å². The van der Waals surface area contributed by atoms with E-state index in [0.29, 0.717) is 0 Å². The molecule has 0 saturated carbocycles. The average molecular weight is 199 g/mol. The molecule has 0 fully saturated rings. The maximum atomic E-state index is 3.45. The van der Waals surface area contributed by atoms with E-state index in [0.717, 1.165) is 17.9 Å². The van der Waals surface area contributed by atoms with Crippen LogP contribution >= 0.6 is 0 Å². The first kappa shape index (κ1) is 8.41. The maximum absolute atomic E-state index is 3.45. The molecule has 0 saturated heterocycles. The Balaban J connectivity index is 2.12.